The second-order valence-electron chi connectivity index (χ2n) is 12.1. The van der Waals surface area contributed by atoms with Gasteiger partial charge in [-0.15, -0.1) is 0 Å². The van der Waals surface area contributed by atoms with Crippen LogP contribution in [0.4, 0.5) is 0 Å². The quantitative estimate of drug-likeness (QED) is 0.510. The fourth-order valence-corrected chi connectivity index (χ4v) is 6.03. The first-order valence-electron chi connectivity index (χ1n) is 13.0. The number of rotatable bonds is 5. The Balaban J connectivity index is 1.73. The normalized spacial score (nSPS) is 20.3. The summed E-state index contributed by atoms with van der Waals surface area (Å²) in [6, 6.07) is 8.62. The van der Waals surface area contributed by atoms with E-state index in [0.717, 1.165) is 0 Å². The van der Waals surface area contributed by atoms with Gasteiger partial charge >= 0.3 is 5.97 Å². The van der Waals surface area contributed by atoms with E-state index in [1.807, 2.05) is 33.8 Å². The average Bonchev–Trinajstić information content (AvgIpc) is 2.85. The number of carboxylic acid groups (broad SMARTS) is 1. The summed E-state index contributed by atoms with van der Waals surface area (Å²) in [5.41, 5.74) is 1.96. The van der Waals surface area contributed by atoms with Gasteiger partial charge in [-0.2, -0.15) is 0 Å². The van der Waals surface area contributed by atoms with Gasteiger partial charge in [-0.3, -0.25) is 9.59 Å². The molecule has 0 fully saturated rings. The van der Waals surface area contributed by atoms with Crippen molar-refractivity contribution in [2.75, 3.05) is 14.2 Å². The van der Waals surface area contributed by atoms with Crippen LogP contribution in [0, 0.1) is 10.8 Å². The van der Waals surface area contributed by atoms with Crippen LogP contribution >= 0.6 is 0 Å². The van der Waals surface area contributed by atoms with Crippen molar-refractivity contribution in [2.45, 2.75) is 59.3 Å². The van der Waals surface area contributed by atoms with Crippen molar-refractivity contribution in [3.8, 4) is 22.8 Å². The second-order valence-corrected chi connectivity index (χ2v) is 12.1. The molecule has 0 amide bonds. The predicted molar refractivity (Wildman–Crippen MR) is 144 cm³/mol. The number of pyridine rings is 1. The molecule has 0 bridgehead atoms. The van der Waals surface area contributed by atoms with E-state index < -0.39 is 11.9 Å². The Morgan fingerprint density at radius 3 is 1.92 bits per heavy atom. The first-order valence-corrected chi connectivity index (χ1v) is 13.0. The molecule has 0 spiro atoms. The summed E-state index contributed by atoms with van der Waals surface area (Å²) in [6.07, 6.45) is 1.86. The fourth-order valence-electron chi connectivity index (χ4n) is 6.03. The van der Waals surface area contributed by atoms with Crippen molar-refractivity contribution in [1.82, 2.24) is 4.98 Å². The smallest absolute Gasteiger partial charge is 0.358 e. The monoisotopic (exact) mass is 531 g/mol. The number of carboxylic acids is 1. The third-order valence-corrected chi connectivity index (χ3v) is 7.70. The fraction of sp³-hybridized carbons (Fsp3) is 0.419. The minimum absolute atomic E-state index is 0.0429. The number of ketones is 2. The molecule has 1 aromatic carbocycles. The molecule has 8 heteroatoms. The number of nitrogens with zero attached hydrogens (tertiary/aromatic N) is 1. The molecule has 1 N–H and O–H groups in total. The van der Waals surface area contributed by atoms with Crippen LogP contribution in [0.3, 0.4) is 0 Å². The van der Waals surface area contributed by atoms with Crippen molar-refractivity contribution < 1.29 is 33.7 Å². The minimum atomic E-state index is -1.21. The van der Waals surface area contributed by atoms with E-state index in [9.17, 15) is 19.5 Å². The SMILES string of the molecule is COc1ccc(-c2ccc(OC)c(C(=O)O)n2)cc1C1C2=C(CC(C)(C)CC2=O)OC2=C1C(=O)CC(C)(C)C2. The van der Waals surface area contributed by atoms with Gasteiger partial charge in [-0.1, -0.05) is 27.7 Å². The van der Waals surface area contributed by atoms with Crippen LogP contribution in [0.5, 0.6) is 11.5 Å². The van der Waals surface area contributed by atoms with Crippen LogP contribution < -0.4 is 9.47 Å². The van der Waals surface area contributed by atoms with E-state index in [1.165, 1.54) is 7.11 Å². The lowest BCUT2D eigenvalue weighted by Crippen LogP contribution is -2.37. The lowest BCUT2D eigenvalue weighted by atomic mass is 9.65. The zero-order chi connectivity index (χ0) is 28.3. The molecule has 0 saturated carbocycles. The Bertz CT molecular complexity index is 1430. The summed E-state index contributed by atoms with van der Waals surface area (Å²) in [5.74, 6) is -0.0311. The number of allylic oxidation sites excluding steroid dienone is 4. The van der Waals surface area contributed by atoms with E-state index in [1.54, 1.807) is 31.4 Å². The molecule has 2 heterocycles. The lowest BCUT2D eigenvalue weighted by molar-refractivity contribution is -0.120. The molecular formula is C31H33NO7. The number of Topliss-reactive ketones (excluding diaryl/α,β-unsaturated/α-hetero) is 2. The maximum atomic E-state index is 13.7. The molecule has 3 aliphatic rings. The highest BCUT2D eigenvalue weighted by Gasteiger charge is 2.48. The number of aromatic carboxylic acids is 1. The molecule has 0 saturated heterocycles. The van der Waals surface area contributed by atoms with E-state index in [0.29, 0.717) is 70.9 Å². The zero-order valence-corrected chi connectivity index (χ0v) is 23.1. The molecule has 1 aliphatic heterocycles. The largest absolute Gasteiger partial charge is 0.496 e. The highest BCUT2D eigenvalue weighted by molar-refractivity contribution is 6.06. The van der Waals surface area contributed by atoms with Gasteiger partial charge in [0.05, 0.1) is 25.8 Å². The Hall–Kier alpha value is -3.94. The van der Waals surface area contributed by atoms with Crippen molar-refractivity contribution in [3.05, 3.63) is 64.3 Å². The minimum Gasteiger partial charge on any atom is -0.496 e. The van der Waals surface area contributed by atoms with E-state index >= 15 is 0 Å². The number of aromatic nitrogens is 1. The first-order chi connectivity index (χ1) is 18.3. The molecule has 204 valence electrons. The highest BCUT2D eigenvalue weighted by Crippen LogP contribution is 2.54. The molecule has 39 heavy (non-hydrogen) atoms. The summed E-state index contributed by atoms with van der Waals surface area (Å²) in [5, 5.41) is 9.65. The Morgan fingerprint density at radius 1 is 0.872 bits per heavy atom. The average molecular weight is 532 g/mol. The number of methoxy groups -OCH3 is 2. The van der Waals surface area contributed by atoms with Gasteiger partial charge in [0.15, 0.2) is 23.0 Å². The van der Waals surface area contributed by atoms with E-state index in [4.69, 9.17) is 14.2 Å². The van der Waals surface area contributed by atoms with Crippen molar-refractivity contribution in [3.63, 3.8) is 0 Å². The van der Waals surface area contributed by atoms with Crippen molar-refractivity contribution >= 4 is 17.5 Å². The molecular weight excluding hydrogens is 498 g/mol. The number of hydrogen-bond donors (Lipinski definition) is 1. The molecule has 5 rings (SSSR count). The Labute approximate surface area is 227 Å². The summed E-state index contributed by atoms with van der Waals surface area (Å²) >= 11 is 0. The first kappa shape index (κ1) is 26.7. The molecule has 0 radical (unpaired) electrons. The van der Waals surface area contributed by atoms with E-state index in [-0.39, 0.29) is 33.8 Å². The molecule has 0 atom stereocenters. The summed E-state index contributed by atoms with van der Waals surface area (Å²) in [4.78, 5) is 43.5. The third-order valence-electron chi connectivity index (χ3n) is 7.70. The van der Waals surface area contributed by atoms with Gasteiger partial charge in [0.25, 0.3) is 0 Å². The van der Waals surface area contributed by atoms with Gasteiger partial charge < -0.3 is 19.3 Å². The highest BCUT2D eigenvalue weighted by atomic mass is 16.5. The molecule has 2 aromatic rings. The van der Waals surface area contributed by atoms with Gasteiger partial charge in [-0.05, 0) is 41.2 Å². The standard InChI is InChI=1S/C31H33NO7/c1-30(2)12-19(33)26-23(14-30)39-24-15-31(3,4)13-20(34)27(24)25(26)17-11-16(7-9-21(17)37-5)18-8-10-22(38-6)28(32-18)29(35)36/h7-11,25H,12-15H2,1-6H3,(H,35,36). The van der Waals surface area contributed by atoms with Crippen LogP contribution in [0.15, 0.2) is 53.0 Å². The molecule has 2 aliphatic carbocycles. The lowest BCUT2D eigenvalue weighted by Gasteiger charge is -2.43. The van der Waals surface area contributed by atoms with Gasteiger partial charge in [0.2, 0.25) is 0 Å². The van der Waals surface area contributed by atoms with E-state index in [2.05, 4.69) is 4.98 Å². The second kappa shape index (κ2) is 9.36. The summed E-state index contributed by atoms with van der Waals surface area (Å²) in [7, 11) is 2.94. The number of ether oxygens (including phenoxy) is 3. The number of hydrogen-bond acceptors (Lipinski definition) is 7. The number of carbonyl (C=O) groups is 3. The Kier molecular flexibility index (Phi) is 6.40. The van der Waals surface area contributed by atoms with Crippen LogP contribution in [0.2, 0.25) is 0 Å². The maximum Gasteiger partial charge on any atom is 0.358 e. The molecule has 0 unspecified atom stereocenters. The maximum absolute atomic E-state index is 13.7. The van der Waals surface area contributed by atoms with Gasteiger partial charge in [0, 0.05) is 48.0 Å². The third kappa shape index (κ3) is 4.73. The zero-order valence-electron chi connectivity index (χ0n) is 23.1. The number of benzene rings is 1. The van der Waals surface area contributed by atoms with Crippen molar-refractivity contribution in [2.24, 2.45) is 10.8 Å². The molecule has 1 aromatic heterocycles. The summed E-state index contributed by atoms with van der Waals surface area (Å²) < 4.78 is 17.3. The van der Waals surface area contributed by atoms with Crippen molar-refractivity contribution in [1.29, 1.82) is 0 Å². The predicted octanol–water partition coefficient (Wildman–Crippen LogP) is 5.86. The van der Waals surface area contributed by atoms with Crippen LogP contribution in [0.1, 0.15) is 75.3 Å². The Morgan fingerprint density at radius 2 is 1.41 bits per heavy atom. The van der Waals surface area contributed by atoms with Crippen LogP contribution in [-0.4, -0.2) is 41.8 Å². The number of carbonyl (C=O) groups excluding carboxylic acids is 2. The molecule has 8 nitrogen and oxygen atoms in total. The van der Waals surface area contributed by atoms with Gasteiger partial charge in [-0.25, -0.2) is 9.78 Å². The van der Waals surface area contributed by atoms with Gasteiger partial charge in [0.1, 0.15) is 17.3 Å². The topological polar surface area (TPSA) is 112 Å². The van der Waals surface area contributed by atoms with Crippen LogP contribution in [-0.2, 0) is 14.3 Å². The van der Waals surface area contributed by atoms with Crippen LogP contribution in [0.25, 0.3) is 11.3 Å². The summed E-state index contributed by atoms with van der Waals surface area (Å²) in [6.45, 7) is 8.18.